The van der Waals surface area contributed by atoms with E-state index in [0.717, 1.165) is 0 Å². The molecule has 5 nitrogen and oxygen atoms in total. The molecule has 1 heterocycles. The van der Waals surface area contributed by atoms with Crippen LogP contribution in [0.2, 0.25) is 0 Å². The Kier molecular flexibility index (Phi) is 3.28. The van der Waals surface area contributed by atoms with Crippen LogP contribution in [0.25, 0.3) is 10.9 Å². The minimum atomic E-state index is -3.55. The first-order valence-electron chi connectivity index (χ1n) is 5.30. The topological polar surface area (TPSA) is 88.0 Å². The fourth-order valence-electron chi connectivity index (χ4n) is 1.64. The molecule has 0 aliphatic heterocycles. The third-order valence-corrected chi connectivity index (χ3v) is 3.93. The van der Waals surface area contributed by atoms with Gasteiger partial charge >= 0.3 is 0 Å². The SMILES string of the molecule is CC#CCNS(=O)(=O)c1c[nH]c2cc(N)ccc12. The van der Waals surface area contributed by atoms with Crippen LogP contribution in [-0.2, 0) is 10.0 Å². The van der Waals surface area contributed by atoms with Crippen molar-refractivity contribution in [3.05, 3.63) is 24.4 Å². The molecule has 0 amide bonds. The summed E-state index contributed by atoms with van der Waals surface area (Å²) in [7, 11) is -3.55. The normalized spacial score (nSPS) is 11.2. The summed E-state index contributed by atoms with van der Waals surface area (Å²) >= 11 is 0. The predicted octanol–water partition coefficient (Wildman–Crippen LogP) is 1.05. The van der Waals surface area contributed by atoms with E-state index in [1.54, 1.807) is 25.1 Å². The average molecular weight is 263 g/mol. The molecule has 0 unspecified atom stereocenters. The predicted molar refractivity (Wildman–Crippen MR) is 71.3 cm³/mol. The van der Waals surface area contributed by atoms with Gasteiger partial charge in [0.1, 0.15) is 4.90 Å². The van der Waals surface area contributed by atoms with Gasteiger partial charge in [0, 0.05) is 22.8 Å². The number of rotatable bonds is 3. The molecule has 0 spiro atoms. The van der Waals surface area contributed by atoms with E-state index in [-0.39, 0.29) is 11.4 Å². The second-order valence-electron chi connectivity index (χ2n) is 3.71. The largest absolute Gasteiger partial charge is 0.399 e. The number of anilines is 1. The van der Waals surface area contributed by atoms with E-state index >= 15 is 0 Å². The molecule has 2 aromatic rings. The summed E-state index contributed by atoms with van der Waals surface area (Å²) in [5.41, 5.74) is 6.91. The van der Waals surface area contributed by atoms with E-state index in [0.29, 0.717) is 16.6 Å². The number of nitrogen functional groups attached to an aromatic ring is 1. The number of hydrogen-bond donors (Lipinski definition) is 3. The second kappa shape index (κ2) is 4.72. The highest BCUT2D eigenvalue weighted by molar-refractivity contribution is 7.89. The number of nitrogens with one attached hydrogen (secondary N) is 2. The third-order valence-electron chi connectivity index (χ3n) is 2.48. The van der Waals surface area contributed by atoms with Crippen molar-refractivity contribution in [2.45, 2.75) is 11.8 Å². The van der Waals surface area contributed by atoms with Crippen molar-refractivity contribution in [3.63, 3.8) is 0 Å². The Hall–Kier alpha value is -1.97. The molecule has 6 heteroatoms. The summed E-state index contributed by atoms with van der Waals surface area (Å²) < 4.78 is 26.5. The highest BCUT2D eigenvalue weighted by atomic mass is 32.2. The maximum atomic E-state index is 12.0. The second-order valence-corrected chi connectivity index (χ2v) is 5.44. The number of sulfonamides is 1. The Balaban J connectivity index is 2.43. The molecule has 1 aromatic heterocycles. The molecule has 0 aliphatic carbocycles. The standard InChI is InChI=1S/C12H13N3O2S/c1-2-3-6-15-18(16,17)12-8-14-11-7-9(13)4-5-10(11)12/h4-5,7-8,14-15H,6,13H2,1H3. The van der Waals surface area contributed by atoms with E-state index in [2.05, 4.69) is 21.5 Å². The van der Waals surface area contributed by atoms with Gasteiger partial charge in [0.15, 0.2) is 0 Å². The number of hydrogen-bond acceptors (Lipinski definition) is 3. The van der Waals surface area contributed by atoms with Crippen LogP contribution in [-0.4, -0.2) is 19.9 Å². The Labute approximate surface area is 105 Å². The molecule has 18 heavy (non-hydrogen) atoms. The van der Waals surface area contributed by atoms with Gasteiger partial charge in [-0.3, -0.25) is 0 Å². The smallest absolute Gasteiger partial charge is 0.243 e. The summed E-state index contributed by atoms with van der Waals surface area (Å²) in [6.07, 6.45) is 1.45. The highest BCUT2D eigenvalue weighted by Gasteiger charge is 2.17. The van der Waals surface area contributed by atoms with Crippen LogP contribution in [0.3, 0.4) is 0 Å². The summed E-state index contributed by atoms with van der Waals surface area (Å²) in [5, 5.41) is 0.612. The molecule has 0 saturated carbocycles. The molecule has 94 valence electrons. The van der Waals surface area contributed by atoms with Crippen molar-refractivity contribution in [1.29, 1.82) is 0 Å². The van der Waals surface area contributed by atoms with Gasteiger partial charge in [0.25, 0.3) is 0 Å². The fourth-order valence-corrected chi connectivity index (χ4v) is 2.74. The molecule has 0 saturated heterocycles. The van der Waals surface area contributed by atoms with Crippen molar-refractivity contribution in [2.75, 3.05) is 12.3 Å². The van der Waals surface area contributed by atoms with E-state index in [4.69, 9.17) is 5.73 Å². The van der Waals surface area contributed by atoms with Crippen molar-refractivity contribution in [1.82, 2.24) is 9.71 Å². The first-order valence-corrected chi connectivity index (χ1v) is 6.79. The van der Waals surface area contributed by atoms with E-state index < -0.39 is 10.0 Å². The minimum Gasteiger partial charge on any atom is -0.399 e. The number of fused-ring (bicyclic) bond motifs is 1. The van der Waals surface area contributed by atoms with E-state index in [1.807, 2.05) is 0 Å². The number of nitrogens with two attached hydrogens (primary N) is 1. The molecular formula is C12H13N3O2S. The van der Waals surface area contributed by atoms with Crippen LogP contribution < -0.4 is 10.5 Å². The molecular weight excluding hydrogens is 250 g/mol. The van der Waals surface area contributed by atoms with Crippen LogP contribution >= 0.6 is 0 Å². The molecule has 4 N–H and O–H groups in total. The number of benzene rings is 1. The third kappa shape index (κ3) is 2.32. The Morgan fingerprint density at radius 3 is 2.94 bits per heavy atom. The number of aromatic amines is 1. The lowest BCUT2D eigenvalue weighted by Gasteiger charge is -2.02. The van der Waals surface area contributed by atoms with Gasteiger partial charge in [-0.25, -0.2) is 8.42 Å². The Morgan fingerprint density at radius 1 is 1.44 bits per heavy atom. The monoisotopic (exact) mass is 263 g/mol. The zero-order valence-electron chi connectivity index (χ0n) is 9.82. The summed E-state index contributed by atoms with van der Waals surface area (Å²) in [5.74, 6) is 5.28. The maximum Gasteiger partial charge on any atom is 0.243 e. The van der Waals surface area contributed by atoms with Crippen LogP contribution in [0.4, 0.5) is 5.69 Å². The van der Waals surface area contributed by atoms with Gasteiger partial charge in [-0.2, -0.15) is 4.72 Å². The van der Waals surface area contributed by atoms with Gasteiger partial charge in [0.2, 0.25) is 10.0 Å². The summed E-state index contributed by atoms with van der Waals surface area (Å²) in [6.45, 7) is 1.75. The minimum absolute atomic E-state index is 0.0977. The first-order chi connectivity index (χ1) is 8.54. The Bertz CT molecular complexity index is 736. The summed E-state index contributed by atoms with van der Waals surface area (Å²) in [6, 6.07) is 5.04. The highest BCUT2D eigenvalue weighted by Crippen LogP contribution is 2.24. The lowest BCUT2D eigenvalue weighted by atomic mass is 10.2. The molecule has 2 rings (SSSR count). The molecule has 0 atom stereocenters. The fraction of sp³-hybridized carbons (Fsp3) is 0.167. The van der Waals surface area contributed by atoms with Gasteiger partial charge in [-0.15, -0.1) is 5.92 Å². The molecule has 0 radical (unpaired) electrons. The van der Waals surface area contributed by atoms with Gasteiger partial charge in [-0.1, -0.05) is 5.92 Å². The van der Waals surface area contributed by atoms with E-state index in [9.17, 15) is 8.42 Å². The molecule has 0 aliphatic rings. The maximum absolute atomic E-state index is 12.0. The van der Waals surface area contributed by atoms with Crippen LogP contribution in [0.15, 0.2) is 29.3 Å². The zero-order valence-corrected chi connectivity index (χ0v) is 10.6. The molecule has 1 aromatic carbocycles. The van der Waals surface area contributed by atoms with Crippen molar-refractivity contribution < 1.29 is 8.42 Å². The van der Waals surface area contributed by atoms with Crippen LogP contribution in [0.1, 0.15) is 6.92 Å². The van der Waals surface area contributed by atoms with Crippen LogP contribution in [0.5, 0.6) is 0 Å². The number of aromatic nitrogens is 1. The van der Waals surface area contributed by atoms with Crippen molar-refractivity contribution in [2.24, 2.45) is 0 Å². The average Bonchev–Trinajstić information content (AvgIpc) is 2.72. The van der Waals surface area contributed by atoms with Crippen molar-refractivity contribution >= 4 is 26.6 Å². The van der Waals surface area contributed by atoms with Gasteiger partial charge in [0.05, 0.1) is 6.54 Å². The Morgan fingerprint density at radius 2 is 2.22 bits per heavy atom. The van der Waals surface area contributed by atoms with E-state index in [1.165, 1.54) is 6.20 Å². The van der Waals surface area contributed by atoms with Gasteiger partial charge < -0.3 is 10.7 Å². The molecule has 0 fully saturated rings. The first kappa shape index (κ1) is 12.5. The lowest BCUT2D eigenvalue weighted by molar-refractivity contribution is 0.587. The van der Waals surface area contributed by atoms with Crippen molar-refractivity contribution in [3.8, 4) is 11.8 Å². The quantitative estimate of drug-likeness (QED) is 0.571. The summed E-state index contributed by atoms with van der Waals surface area (Å²) in [4.78, 5) is 3.09. The van der Waals surface area contributed by atoms with Crippen LogP contribution in [0, 0.1) is 11.8 Å². The lowest BCUT2D eigenvalue weighted by Crippen LogP contribution is -2.23. The molecule has 0 bridgehead atoms. The van der Waals surface area contributed by atoms with Gasteiger partial charge in [-0.05, 0) is 25.1 Å². The number of H-pyrrole nitrogens is 1. The zero-order chi connectivity index (χ0) is 13.2.